The summed E-state index contributed by atoms with van der Waals surface area (Å²) in [6, 6.07) is 10.2. The molecule has 0 aliphatic heterocycles. The van der Waals surface area contributed by atoms with Gasteiger partial charge in [-0.3, -0.25) is 0 Å². The van der Waals surface area contributed by atoms with Crippen LogP contribution >= 0.6 is 15.9 Å². The van der Waals surface area contributed by atoms with Gasteiger partial charge in [-0.1, -0.05) is 28.1 Å². The largest absolute Gasteiger partial charge is 0.508 e. The monoisotopic (exact) mass is 348 g/mol. The van der Waals surface area contributed by atoms with Gasteiger partial charge in [0.25, 0.3) is 0 Å². The molecule has 0 atom stereocenters. The topological polar surface area (TPSA) is 29.5 Å². The Labute approximate surface area is 131 Å². The second kappa shape index (κ2) is 5.53. The van der Waals surface area contributed by atoms with E-state index in [-0.39, 0.29) is 17.3 Å². The van der Waals surface area contributed by atoms with Crippen LogP contribution in [0.4, 0.5) is 4.39 Å². The number of phenolic OH excluding ortho intramolecular Hbond substituents is 1. The molecule has 2 aromatic carbocycles. The molecule has 0 aromatic heterocycles. The van der Waals surface area contributed by atoms with E-state index >= 15 is 0 Å². The van der Waals surface area contributed by atoms with Crippen LogP contribution in [0.5, 0.6) is 11.5 Å². The van der Waals surface area contributed by atoms with Crippen LogP contribution in [0.3, 0.4) is 0 Å². The van der Waals surface area contributed by atoms with E-state index in [9.17, 15) is 9.50 Å². The van der Waals surface area contributed by atoms with Gasteiger partial charge in [-0.15, -0.1) is 0 Å². The molecule has 0 saturated heterocycles. The Bertz CT molecular complexity index is 720. The van der Waals surface area contributed by atoms with Gasteiger partial charge in [0.2, 0.25) is 0 Å². The van der Waals surface area contributed by atoms with E-state index in [1.165, 1.54) is 13.2 Å². The third-order valence-electron chi connectivity index (χ3n) is 3.69. The van der Waals surface area contributed by atoms with Gasteiger partial charge in [0, 0.05) is 4.48 Å². The highest BCUT2D eigenvalue weighted by molar-refractivity contribution is 9.11. The molecule has 4 heteroatoms. The molecule has 0 heterocycles. The Morgan fingerprint density at radius 3 is 2.52 bits per heavy atom. The Kier molecular flexibility index (Phi) is 3.72. The van der Waals surface area contributed by atoms with Crippen molar-refractivity contribution in [3.63, 3.8) is 0 Å². The van der Waals surface area contributed by atoms with Crippen LogP contribution < -0.4 is 4.74 Å². The van der Waals surface area contributed by atoms with Crippen molar-refractivity contribution in [2.45, 2.75) is 12.8 Å². The minimum absolute atomic E-state index is 0.215. The first-order chi connectivity index (χ1) is 10.1. The van der Waals surface area contributed by atoms with Gasteiger partial charge in [0.1, 0.15) is 5.75 Å². The van der Waals surface area contributed by atoms with Gasteiger partial charge >= 0.3 is 0 Å². The molecule has 108 valence electrons. The molecular weight excluding hydrogens is 335 g/mol. The predicted octanol–water partition coefficient (Wildman–Crippen LogP) is 4.64. The summed E-state index contributed by atoms with van der Waals surface area (Å²) in [6.07, 6.45) is 1.70. The highest BCUT2D eigenvalue weighted by Gasteiger charge is 2.21. The highest BCUT2D eigenvalue weighted by atomic mass is 79.9. The lowest BCUT2D eigenvalue weighted by Gasteiger charge is -2.22. The van der Waals surface area contributed by atoms with Crippen molar-refractivity contribution in [3.8, 4) is 11.5 Å². The average molecular weight is 349 g/mol. The number of hydrogen-bond donors (Lipinski definition) is 1. The molecule has 2 nitrogen and oxygen atoms in total. The summed E-state index contributed by atoms with van der Waals surface area (Å²) in [7, 11) is 1.47. The summed E-state index contributed by atoms with van der Waals surface area (Å²) >= 11 is 3.60. The normalized spacial score (nSPS) is 14.0. The lowest BCUT2D eigenvalue weighted by molar-refractivity contribution is 0.385. The molecule has 0 radical (unpaired) electrons. The molecule has 0 fully saturated rings. The first kappa shape index (κ1) is 14.1. The lowest BCUT2D eigenvalue weighted by Crippen LogP contribution is -2.05. The number of phenols is 1. The summed E-state index contributed by atoms with van der Waals surface area (Å²) in [6.45, 7) is 0. The van der Waals surface area contributed by atoms with Crippen LogP contribution in [0.25, 0.3) is 5.57 Å². The maximum Gasteiger partial charge on any atom is 0.165 e. The van der Waals surface area contributed by atoms with E-state index in [2.05, 4.69) is 15.9 Å². The number of allylic oxidation sites excluding steroid dienone is 1. The van der Waals surface area contributed by atoms with Crippen LogP contribution in [0.2, 0.25) is 0 Å². The van der Waals surface area contributed by atoms with Crippen molar-refractivity contribution >= 4 is 21.5 Å². The minimum atomic E-state index is -0.366. The number of aromatic hydroxyl groups is 1. The fourth-order valence-corrected chi connectivity index (χ4v) is 3.29. The van der Waals surface area contributed by atoms with E-state index in [4.69, 9.17) is 4.74 Å². The van der Waals surface area contributed by atoms with Crippen molar-refractivity contribution in [2.24, 2.45) is 0 Å². The van der Waals surface area contributed by atoms with Gasteiger partial charge in [-0.05, 0) is 59.4 Å². The van der Waals surface area contributed by atoms with Gasteiger partial charge in [0.05, 0.1) is 7.11 Å². The summed E-state index contributed by atoms with van der Waals surface area (Å²) in [4.78, 5) is 0. The third-order valence-corrected chi connectivity index (χ3v) is 4.48. The van der Waals surface area contributed by atoms with Crippen molar-refractivity contribution in [1.82, 2.24) is 0 Å². The van der Waals surface area contributed by atoms with E-state index in [1.54, 1.807) is 18.2 Å². The zero-order valence-corrected chi connectivity index (χ0v) is 13.1. The number of aryl methyl sites for hydroxylation is 1. The van der Waals surface area contributed by atoms with Crippen molar-refractivity contribution < 1.29 is 14.2 Å². The predicted molar refractivity (Wildman–Crippen MR) is 84.3 cm³/mol. The molecular formula is C17H14BrFO2. The first-order valence-electron chi connectivity index (χ1n) is 6.65. The van der Waals surface area contributed by atoms with Crippen LogP contribution in [0.15, 0.2) is 40.9 Å². The summed E-state index contributed by atoms with van der Waals surface area (Å²) < 4.78 is 20.2. The summed E-state index contributed by atoms with van der Waals surface area (Å²) in [5.41, 5.74) is 3.86. The number of rotatable bonds is 2. The molecule has 0 spiro atoms. The average Bonchev–Trinajstić information content (AvgIpc) is 2.48. The SMILES string of the molecule is COc1cc2c(cc1F)C(c1ccc(O)cc1)=C(Br)CC2. The maximum atomic E-state index is 14.1. The van der Waals surface area contributed by atoms with Gasteiger partial charge in [-0.25, -0.2) is 4.39 Å². The number of ether oxygens (including phenoxy) is 1. The van der Waals surface area contributed by atoms with Gasteiger partial charge in [0.15, 0.2) is 11.6 Å². The van der Waals surface area contributed by atoms with Crippen LogP contribution in [-0.4, -0.2) is 12.2 Å². The highest BCUT2D eigenvalue weighted by Crippen LogP contribution is 2.40. The Hall–Kier alpha value is -1.81. The van der Waals surface area contributed by atoms with Crippen molar-refractivity contribution in [3.05, 3.63) is 63.4 Å². The molecule has 2 aromatic rings. The fourth-order valence-electron chi connectivity index (χ4n) is 2.65. The quantitative estimate of drug-likeness (QED) is 0.856. The molecule has 1 aliphatic rings. The number of benzene rings is 2. The van der Waals surface area contributed by atoms with Crippen molar-refractivity contribution in [2.75, 3.05) is 7.11 Å². The van der Waals surface area contributed by atoms with E-state index in [1.807, 2.05) is 12.1 Å². The second-order valence-corrected chi connectivity index (χ2v) is 5.93. The Morgan fingerprint density at radius 2 is 1.86 bits per heavy atom. The van der Waals surface area contributed by atoms with Crippen molar-refractivity contribution in [1.29, 1.82) is 0 Å². The number of halogens is 2. The first-order valence-corrected chi connectivity index (χ1v) is 7.44. The molecule has 0 unspecified atom stereocenters. The molecule has 3 rings (SSSR count). The fraction of sp³-hybridized carbons (Fsp3) is 0.176. The molecule has 0 saturated carbocycles. The molecule has 0 bridgehead atoms. The smallest absolute Gasteiger partial charge is 0.165 e. The number of fused-ring (bicyclic) bond motifs is 1. The van der Waals surface area contributed by atoms with Crippen LogP contribution in [-0.2, 0) is 6.42 Å². The lowest BCUT2D eigenvalue weighted by atomic mass is 9.86. The van der Waals surface area contributed by atoms with E-state index < -0.39 is 0 Å². The van der Waals surface area contributed by atoms with Gasteiger partial charge < -0.3 is 9.84 Å². The Balaban J connectivity index is 2.18. The maximum absolute atomic E-state index is 14.1. The van der Waals surface area contributed by atoms with Crippen LogP contribution in [0, 0.1) is 5.82 Å². The molecule has 0 amide bonds. The molecule has 1 aliphatic carbocycles. The number of methoxy groups -OCH3 is 1. The van der Waals surface area contributed by atoms with Gasteiger partial charge in [-0.2, -0.15) is 0 Å². The molecule has 21 heavy (non-hydrogen) atoms. The second-order valence-electron chi connectivity index (χ2n) is 4.97. The summed E-state index contributed by atoms with van der Waals surface area (Å²) in [5, 5.41) is 9.42. The standard InChI is InChI=1S/C17H14BrFO2/c1-21-16-8-11-4-7-14(18)17(13(11)9-15(16)19)10-2-5-12(20)6-3-10/h2-3,5-6,8-9,20H,4,7H2,1H3. The van der Waals surface area contributed by atoms with Crippen LogP contribution in [0.1, 0.15) is 23.1 Å². The third kappa shape index (κ3) is 2.56. The summed E-state index contributed by atoms with van der Waals surface area (Å²) in [5.74, 6) is 0.124. The molecule has 1 N–H and O–H groups in total. The zero-order chi connectivity index (χ0) is 15.0. The zero-order valence-electron chi connectivity index (χ0n) is 11.5. The minimum Gasteiger partial charge on any atom is -0.508 e. The number of hydrogen-bond acceptors (Lipinski definition) is 2. The van der Waals surface area contributed by atoms with E-state index in [0.29, 0.717) is 0 Å². The van der Waals surface area contributed by atoms with E-state index in [0.717, 1.165) is 39.6 Å². The Morgan fingerprint density at radius 1 is 1.14 bits per heavy atom.